The molecule has 1 aromatic rings. The first-order valence-electron chi connectivity index (χ1n) is 6.60. The molecule has 0 spiro atoms. The van der Waals surface area contributed by atoms with Crippen LogP contribution in [0.1, 0.15) is 12.5 Å². The minimum Gasteiger partial charge on any atom is -0.497 e. The van der Waals surface area contributed by atoms with Gasteiger partial charge in [0.2, 0.25) is 0 Å². The molecule has 1 fully saturated rings. The van der Waals surface area contributed by atoms with Gasteiger partial charge in [0, 0.05) is 0 Å². The van der Waals surface area contributed by atoms with Crippen molar-refractivity contribution in [3.8, 4) is 5.75 Å². The second kappa shape index (κ2) is 7.42. The first-order chi connectivity index (χ1) is 10.5. The lowest BCUT2D eigenvalue weighted by atomic mass is 10.2. The molecule has 0 radical (unpaired) electrons. The number of hydrogen-bond acceptors (Lipinski definition) is 6. The molecule has 0 aromatic heterocycles. The molecule has 7 heteroatoms. The third-order valence-electron chi connectivity index (χ3n) is 2.88. The van der Waals surface area contributed by atoms with Gasteiger partial charge in [-0.05, 0) is 42.5 Å². The molecule has 5 nitrogen and oxygen atoms in total. The van der Waals surface area contributed by atoms with Crippen LogP contribution in [0.4, 0.5) is 4.79 Å². The van der Waals surface area contributed by atoms with Crippen LogP contribution in [-0.2, 0) is 9.53 Å². The molecule has 1 amide bonds. The Hall–Kier alpha value is -1.86. The molecule has 2 rings (SSSR count). The average Bonchev–Trinajstić information content (AvgIpc) is 2.76. The molecule has 0 unspecified atom stereocenters. The molecule has 1 aliphatic rings. The zero-order valence-corrected chi connectivity index (χ0v) is 13.8. The summed E-state index contributed by atoms with van der Waals surface area (Å²) in [7, 11) is 1.60. The Morgan fingerprint density at radius 2 is 2.05 bits per heavy atom. The van der Waals surface area contributed by atoms with E-state index in [1.165, 1.54) is 4.90 Å². The molecule has 116 valence electrons. The van der Waals surface area contributed by atoms with Crippen LogP contribution >= 0.6 is 24.0 Å². The molecule has 1 saturated heterocycles. The van der Waals surface area contributed by atoms with Gasteiger partial charge in [-0.2, -0.15) is 0 Å². The van der Waals surface area contributed by atoms with E-state index in [-0.39, 0.29) is 18.4 Å². The highest BCUT2D eigenvalue weighted by Crippen LogP contribution is 2.33. The Labute approximate surface area is 138 Å². The highest BCUT2D eigenvalue weighted by molar-refractivity contribution is 8.19. The van der Waals surface area contributed by atoms with Gasteiger partial charge in [-0.25, -0.2) is 0 Å². The normalized spacial score (nSPS) is 16.3. The van der Waals surface area contributed by atoms with Gasteiger partial charge < -0.3 is 9.47 Å². The van der Waals surface area contributed by atoms with Crippen molar-refractivity contribution in [2.45, 2.75) is 6.92 Å². The van der Waals surface area contributed by atoms with Crippen molar-refractivity contribution in [3.63, 3.8) is 0 Å². The largest absolute Gasteiger partial charge is 0.497 e. The average molecular weight is 337 g/mol. The van der Waals surface area contributed by atoms with E-state index < -0.39 is 5.97 Å². The molecule has 1 heterocycles. The molecule has 0 bridgehead atoms. The lowest BCUT2D eigenvalue weighted by molar-refractivity contribution is -0.142. The van der Waals surface area contributed by atoms with Gasteiger partial charge >= 0.3 is 5.97 Å². The number of hydrogen-bond donors (Lipinski definition) is 0. The van der Waals surface area contributed by atoms with Gasteiger partial charge in [0.1, 0.15) is 17.3 Å². The number of benzene rings is 1. The van der Waals surface area contributed by atoms with E-state index in [2.05, 4.69) is 0 Å². The standard InChI is InChI=1S/C15H15NO4S2/c1-3-20-13(17)9-16-14(21)12(22-15(16)18)8-10-4-6-11(19-2)7-5-10/h4-8H,3,9H2,1-2H3. The van der Waals surface area contributed by atoms with Crippen LogP contribution < -0.4 is 4.74 Å². The molecule has 1 aliphatic heterocycles. The van der Waals surface area contributed by atoms with Crippen LogP contribution in [0.5, 0.6) is 5.75 Å². The van der Waals surface area contributed by atoms with Gasteiger partial charge in [0.15, 0.2) is 0 Å². The number of nitrogens with zero attached hydrogens (tertiary/aromatic N) is 1. The van der Waals surface area contributed by atoms with Crippen molar-refractivity contribution in [1.82, 2.24) is 4.90 Å². The fourth-order valence-corrected chi connectivity index (χ4v) is 3.06. The summed E-state index contributed by atoms with van der Waals surface area (Å²) >= 11 is 6.29. The summed E-state index contributed by atoms with van der Waals surface area (Å²) in [4.78, 5) is 25.7. The number of rotatable bonds is 5. The predicted octanol–water partition coefficient (Wildman–Crippen LogP) is 3.10. The van der Waals surface area contributed by atoms with Crippen LogP contribution in [0.3, 0.4) is 0 Å². The lowest BCUT2D eigenvalue weighted by Gasteiger charge is -2.13. The fraction of sp³-hybridized carbons (Fsp3) is 0.267. The zero-order valence-electron chi connectivity index (χ0n) is 12.2. The maximum atomic E-state index is 12.0. The predicted molar refractivity (Wildman–Crippen MR) is 89.9 cm³/mol. The first-order valence-corrected chi connectivity index (χ1v) is 7.82. The quantitative estimate of drug-likeness (QED) is 0.467. The van der Waals surface area contributed by atoms with Crippen LogP contribution in [0.25, 0.3) is 6.08 Å². The van der Waals surface area contributed by atoms with Crippen LogP contribution in [0, 0.1) is 0 Å². The van der Waals surface area contributed by atoms with Gasteiger partial charge in [0.25, 0.3) is 5.24 Å². The third kappa shape index (κ3) is 3.86. The lowest BCUT2D eigenvalue weighted by Crippen LogP contribution is -2.33. The van der Waals surface area contributed by atoms with Crippen molar-refractivity contribution >= 4 is 46.3 Å². The van der Waals surface area contributed by atoms with Crippen LogP contribution in [0.2, 0.25) is 0 Å². The Balaban J connectivity index is 2.12. The summed E-state index contributed by atoms with van der Waals surface area (Å²) < 4.78 is 9.94. The topological polar surface area (TPSA) is 55.8 Å². The molecule has 0 saturated carbocycles. The van der Waals surface area contributed by atoms with E-state index in [0.717, 1.165) is 23.1 Å². The molecular formula is C15H15NO4S2. The molecule has 22 heavy (non-hydrogen) atoms. The molecule has 0 aliphatic carbocycles. The summed E-state index contributed by atoms with van der Waals surface area (Å²) in [5.41, 5.74) is 0.899. The van der Waals surface area contributed by atoms with Crippen LogP contribution in [0.15, 0.2) is 29.2 Å². The summed E-state index contributed by atoms with van der Waals surface area (Å²) in [5.74, 6) is 0.285. The van der Waals surface area contributed by atoms with Crippen molar-refractivity contribution in [3.05, 3.63) is 34.7 Å². The maximum absolute atomic E-state index is 12.0. The minimum atomic E-state index is -0.468. The molecule has 0 N–H and O–H groups in total. The number of carbonyl (C=O) groups is 2. The van der Waals surface area contributed by atoms with E-state index in [1.807, 2.05) is 30.3 Å². The highest BCUT2D eigenvalue weighted by Gasteiger charge is 2.33. The first kappa shape index (κ1) is 16.5. The summed E-state index contributed by atoms with van der Waals surface area (Å²) in [5, 5.41) is -0.266. The minimum absolute atomic E-state index is 0.154. The Kier molecular flexibility index (Phi) is 5.57. The number of thioether (sulfide) groups is 1. The molecular weight excluding hydrogens is 322 g/mol. The van der Waals surface area contributed by atoms with Gasteiger partial charge in [0.05, 0.1) is 18.6 Å². The summed E-state index contributed by atoms with van der Waals surface area (Å²) in [6, 6.07) is 7.39. The van der Waals surface area contributed by atoms with Crippen molar-refractivity contribution in [2.75, 3.05) is 20.3 Å². The van der Waals surface area contributed by atoms with Crippen molar-refractivity contribution in [1.29, 1.82) is 0 Å². The summed E-state index contributed by atoms with van der Waals surface area (Å²) in [6.45, 7) is 1.83. The number of ether oxygens (including phenoxy) is 2. The number of carbonyl (C=O) groups excluding carboxylic acids is 2. The Bertz CT molecular complexity index is 625. The zero-order chi connectivity index (χ0) is 16.1. The molecule has 1 aromatic carbocycles. The number of thiocarbonyl (C=S) groups is 1. The Morgan fingerprint density at radius 1 is 1.36 bits per heavy atom. The van der Waals surface area contributed by atoms with E-state index in [9.17, 15) is 9.59 Å². The smallest absolute Gasteiger partial charge is 0.326 e. The van der Waals surface area contributed by atoms with Gasteiger partial charge in [-0.1, -0.05) is 24.4 Å². The van der Waals surface area contributed by atoms with E-state index in [1.54, 1.807) is 14.0 Å². The van der Waals surface area contributed by atoms with Gasteiger partial charge in [-0.15, -0.1) is 0 Å². The number of amides is 1. The van der Waals surface area contributed by atoms with E-state index >= 15 is 0 Å². The highest BCUT2D eigenvalue weighted by atomic mass is 32.2. The van der Waals surface area contributed by atoms with Crippen molar-refractivity contribution < 1.29 is 19.1 Å². The number of methoxy groups -OCH3 is 1. The van der Waals surface area contributed by atoms with Crippen molar-refractivity contribution in [2.24, 2.45) is 0 Å². The third-order valence-corrected chi connectivity index (χ3v) is 4.38. The second-order valence-electron chi connectivity index (χ2n) is 4.35. The summed E-state index contributed by atoms with van der Waals surface area (Å²) in [6.07, 6.45) is 1.81. The van der Waals surface area contributed by atoms with E-state index in [0.29, 0.717) is 9.89 Å². The molecule has 0 atom stereocenters. The Morgan fingerprint density at radius 3 is 2.64 bits per heavy atom. The monoisotopic (exact) mass is 337 g/mol. The fourth-order valence-electron chi connectivity index (χ4n) is 1.82. The maximum Gasteiger partial charge on any atom is 0.326 e. The number of esters is 1. The van der Waals surface area contributed by atoms with Gasteiger partial charge in [-0.3, -0.25) is 14.5 Å². The SMILES string of the molecule is CCOC(=O)CN1C(=O)SC(=Cc2ccc(OC)cc2)C1=S. The second-order valence-corrected chi connectivity index (χ2v) is 5.73. The van der Waals surface area contributed by atoms with Crippen LogP contribution in [-0.4, -0.2) is 41.4 Å². The van der Waals surface area contributed by atoms with E-state index in [4.69, 9.17) is 21.7 Å².